The van der Waals surface area contributed by atoms with E-state index in [1.54, 1.807) is 0 Å². The van der Waals surface area contributed by atoms with Crippen LogP contribution in [0.25, 0.3) is 0 Å². The highest BCUT2D eigenvalue weighted by molar-refractivity contribution is 4.85. The van der Waals surface area contributed by atoms with Crippen molar-refractivity contribution in [1.82, 2.24) is 0 Å². The average Bonchev–Trinajstić information content (AvgIpc) is 2.10. The summed E-state index contributed by atoms with van der Waals surface area (Å²) < 4.78 is 24.2. The minimum absolute atomic E-state index is 0.00426. The molecule has 0 atom stereocenters. The molecule has 0 aromatic rings. The van der Waals surface area contributed by atoms with Gasteiger partial charge in [0.25, 0.3) is 0 Å². The molecule has 0 radical (unpaired) electrons. The zero-order chi connectivity index (χ0) is 16.1. The molecule has 0 aromatic carbocycles. The third-order valence-electron chi connectivity index (χ3n) is 2.67. The highest BCUT2D eigenvalue weighted by Crippen LogP contribution is 2.36. The van der Waals surface area contributed by atoms with Crippen molar-refractivity contribution >= 4 is 0 Å². The van der Waals surface area contributed by atoms with E-state index in [4.69, 9.17) is 18.9 Å². The van der Waals surface area contributed by atoms with Gasteiger partial charge in [-0.2, -0.15) is 0 Å². The molecule has 0 aliphatic rings. The molecule has 0 aliphatic carbocycles. The van der Waals surface area contributed by atoms with Crippen molar-refractivity contribution in [3.63, 3.8) is 0 Å². The first-order chi connectivity index (χ1) is 8.92. The molecule has 4 heteroatoms. The van der Waals surface area contributed by atoms with E-state index < -0.39 is 11.6 Å². The molecule has 0 saturated carbocycles. The summed E-state index contributed by atoms with van der Waals surface area (Å²) in [6.45, 7) is 19.6. The van der Waals surface area contributed by atoms with Gasteiger partial charge in [-0.3, -0.25) is 0 Å². The molecule has 0 amide bonds. The van der Waals surface area contributed by atoms with Crippen LogP contribution in [0.3, 0.4) is 0 Å². The number of rotatable bonds is 9. The second-order valence-electron chi connectivity index (χ2n) is 6.56. The lowest BCUT2D eigenvalue weighted by molar-refractivity contribution is -0.422. The topological polar surface area (TPSA) is 36.9 Å². The normalized spacial score (nSPS) is 14.1. The van der Waals surface area contributed by atoms with Gasteiger partial charge >= 0.3 is 0 Å². The van der Waals surface area contributed by atoms with Crippen molar-refractivity contribution < 1.29 is 18.9 Å². The molecule has 0 N–H and O–H groups in total. The minimum Gasteiger partial charge on any atom is -0.343 e. The Morgan fingerprint density at radius 1 is 0.450 bits per heavy atom. The monoisotopic (exact) mass is 290 g/mol. The Labute approximate surface area is 125 Å². The highest BCUT2D eigenvalue weighted by Gasteiger charge is 2.52. The van der Waals surface area contributed by atoms with Crippen LogP contribution in [-0.4, -0.2) is 36.0 Å². The molecule has 0 spiro atoms. The summed E-state index contributed by atoms with van der Waals surface area (Å²) in [6.07, 6.45) is 0.0170. The first kappa shape index (κ1) is 19.8. The van der Waals surface area contributed by atoms with Crippen LogP contribution in [-0.2, 0) is 18.9 Å². The first-order valence-corrected chi connectivity index (χ1v) is 7.63. The minimum atomic E-state index is -0.982. The largest absolute Gasteiger partial charge is 0.343 e. The van der Waals surface area contributed by atoms with Gasteiger partial charge in [-0.25, -0.2) is 0 Å². The zero-order valence-corrected chi connectivity index (χ0v) is 14.9. The molecular formula is C16H34O4. The van der Waals surface area contributed by atoms with E-state index in [2.05, 4.69) is 0 Å². The van der Waals surface area contributed by atoms with Gasteiger partial charge in [0.05, 0.1) is 24.4 Å². The molecule has 0 rings (SSSR count). The van der Waals surface area contributed by atoms with Gasteiger partial charge in [-0.1, -0.05) is 0 Å². The molecule has 0 fully saturated rings. The Balaban J connectivity index is 5.47. The standard InChI is InChI=1S/C16H34O4/c1-11(2)17-15(9,18-12(3)4)16(10,19-13(5)6)20-14(7)8/h11-14H,1-10H3. The smallest absolute Gasteiger partial charge is 0.220 e. The van der Waals surface area contributed by atoms with Gasteiger partial charge in [0.1, 0.15) is 0 Å². The van der Waals surface area contributed by atoms with E-state index in [9.17, 15) is 0 Å². The summed E-state index contributed by atoms with van der Waals surface area (Å²) in [5.41, 5.74) is 0. The van der Waals surface area contributed by atoms with Crippen molar-refractivity contribution in [3.05, 3.63) is 0 Å². The molecule has 0 heterocycles. The average molecular weight is 290 g/mol. The molecule has 20 heavy (non-hydrogen) atoms. The van der Waals surface area contributed by atoms with Crippen LogP contribution in [0, 0.1) is 0 Å². The second-order valence-corrected chi connectivity index (χ2v) is 6.56. The Bertz CT molecular complexity index is 224. The van der Waals surface area contributed by atoms with Crippen molar-refractivity contribution in [2.75, 3.05) is 0 Å². The fourth-order valence-corrected chi connectivity index (χ4v) is 2.28. The second kappa shape index (κ2) is 7.74. The van der Waals surface area contributed by atoms with Crippen LogP contribution in [0.5, 0.6) is 0 Å². The maximum Gasteiger partial charge on any atom is 0.220 e. The summed E-state index contributed by atoms with van der Waals surface area (Å²) in [4.78, 5) is 0. The summed E-state index contributed by atoms with van der Waals surface area (Å²) in [5.74, 6) is -1.96. The van der Waals surface area contributed by atoms with Crippen LogP contribution in [0.2, 0.25) is 0 Å². The number of ether oxygens (including phenoxy) is 4. The SMILES string of the molecule is CC(C)OC(C)(OC(C)C)C(C)(OC(C)C)OC(C)C. The lowest BCUT2D eigenvalue weighted by Gasteiger charge is -2.47. The van der Waals surface area contributed by atoms with Crippen LogP contribution >= 0.6 is 0 Å². The number of hydrogen-bond acceptors (Lipinski definition) is 4. The maximum absolute atomic E-state index is 6.04. The Morgan fingerprint density at radius 3 is 0.700 bits per heavy atom. The van der Waals surface area contributed by atoms with Gasteiger partial charge in [0.2, 0.25) is 11.6 Å². The lowest BCUT2D eigenvalue weighted by Crippen LogP contribution is -2.60. The van der Waals surface area contributed by atoms with E-state index in [1.807, 2.05) is 69.2 Å². The summed E-state index contributed by atoms with van der Waals surface area (Å²) in [6, 6.07) is 0. The van der Waals surface area contributed by atoms with Crippen LogP contribution in [0.4, 0.5) is 0 Å². The number of hydrogen-bond donors (Lipinski definition) is 0. The highest BCUT2D eigenvalue weighted by atomic mass is 16.8. The van der Waals surface area contributed by atoms with Crippen molar-refractivity contribution in [2.45, 2.75) is 105 Å². The molecule has 122 valence electrons. The van der Waals surface area contributed by atoms with E-state index >= 15 is 0 Å². The molecule has 0 aromatic heterocycles. The Morgan fingerprint density at radius 2 is 0.600 bits per heavy atom. The van der Waals surface area contributed by atoms with Gasteiger partial charge in [-0.05, 0) is 69.2 Å². The molecular weight excluding hydrogens is 256 g/mol. The molecule has 0 saturated heterocycles. The van der Waals surface area contributed by atoms with E-state index in [-0.39, 0.29) is 24.4 Å². The predicted octanol–water partition coefficient (Wildman–Crippen LogP) is 4.12. The quantitative estimate of drug-likeness (QED) is 0.599. The van der Waals surface area contributed by atoms with Crippen molar-refractivity contribution in [1.29, 1.82) is 0 Å². The summed E-state index contributed by atoms with van der Waals surface area (Å²) in [7, 11) is 0. The zero-order valence-electron chi connectivity index (χ0n) is 14.9. The van der Waals surface area contributed by atoms with Gasteiger partial charge in [-0.15, -0.1) is 0 Å². The summed E-state index contributed by atoms with van der Waals surface area (Å²) in [5, 5.41) is 0. The van der Waals surface area contributed by atoms with E-state index in [0.717, 1.165) is 0 Å². The maximum atomic E-state index is 6.04. The van der Waals surface area contributed by atoms with Crippen LogP contribution in [0.15, 0.2) is 0 Å². The lowest BCUT2D eigenvalue weighted by atomic mass is 10.1. The predicted molar refractivity (Wildman–Crippen MR) is 81.7 cm³/mol. The fourth-order valence-electron chi connectivity index (χ4n) is 2.28. The third-order valence-corrected chi connectivity index (χ3v) is 2.67. The van der Waals surface area contributed by atoms with Crippen LogP contribution in [0.1, 0.15) is 69.2 Å². The van der Waals surface area contributed by atoms with Crippen molar-refractivity contribution in [2.24, 2.45) is 0 Å². The molecule has 0 bridgehead atoms. The first-order valence-electron chi connectivity index (χ1n) is 7.63. The van der Waals surface area contributed by atoms with Crippen molar-refractivity contribution in [3.8, 4) is 0 Å². The van der Waals surface area contributed by atoms with Gasteiger partial charge in [0, 0.05) is 0 Å². The molecule has 0 unspecified atom stereocenters. The summed E-state index contributed by atoms with van der Waals surface area (Å²) >= 11 is 0. The van der Waals surface area contributed by atoms with Gasteiger partial charge < -0.3 is 18.9 Å². The fraction of sp³-hybridized carbons (Fsp3) is 1.00. The third kappa shape index (κ3) is 6.08. The Hall–Kier alpha value is -0.160. The van der Waals surface area contributed by atoms with Gasteiger partial charge in [0.15, 0.2) is 0 Å². The molecule has 0 aliphatic heterocycles. The molecule has 4 nitrogen and oxygen atoms in total. The van der Waals surface area contributed by atoms with Crippen LogP contribution < -0.4 is 0 Å². The van der Waals surface area contributed by atoms with E-state index in [0.29, 0.717) is 0 Å². The van der Waals surface area contributed by atoms with E-state index in [1.165, 1.54) is 0 Å². The Kier molecular flexibility index (Phi) is 7.67.